The SMILES string of the molecule is Cn1ccnc1CNCC1COc2ccccc21. The minimum absolute atomic E-state index is 0.446. The second kappa shape index (κ2) is 4.82. The van der Waals surface area contributed by atoms with Crippen molar-refractivity contribution in [2.45, 2.75) is 12.5 Å². The summed E-state index contributed by atoms with van der Waals surface area (Å²) < 4.78 is 7.70. The lowest BCUT2D eigenvalue weighted by molar-refractivity contribution is 0.326. The summed E-state index contributed by atoms with van der Waals surface area (Å²) in [6.07, 6.45) is 3.79. The molecule has 0 saturated carbocycles. The van der Waals surface area contributed by atoms with Gasteiger partial charge in [-0.3, -0.25) is 0 Å². The van der Waals surface area contributed by atoms with Crippen LogP contribution < -0.4 is 10.1 Å². The molecule has 1 aromatic heterocycles. The van der Waals surface area contributed by atoms with E-state index in [0.29, 0.717) is 5.92 Å². The molecule has 1 unspecified atom stereocenters. The molecule has 0 radical (unpaired) electrons. The molecule has 1 aliphatic heterocycles. The van der Waals surface area contributed by atoms with Crippen LogP contribution >= 0.6 is 0 Å². The monoisotopic (exact) mass is 243 g/mol. The summed E-state index contributed by atoms with van der Waals surface area (Å²) in [5.74, 6) is 2.53. The highest BCUT2D eigenvalue weighted by atomic mass is 16.5. The van der Waals surface area contributed by atoms with Gasteiger partial charge in [-0.25, -0.2) is 4.98 Å². The van der Waals surface area contributed by atoms with Gasteiger partial charge in [-0.05, 0) is 6.07 Å². The highest BCUT2D eigenvalue weighted by molar-refractivity contribution is 5.39. The Balaban J connectivity index is 1.58. The van der Waals surface area contributed by atoms with Crippen molar-refractivity contribution >= 4 is 0 Å². The van der Waals surface area contributed by atoms with Crippen LogP contribution in [0.15, 0.2) is 36.7 Å². The van der Waals surface area contributed by atoms with E-state index in [-0.39, 0.29) is 0 Å². The predicted octanol–water partition coefficient (Wildman–Crippen LogP) is 1.69. The molecule has 0 saturated heterocycles. The molecule has 1 aliphatic rings. The fourth-order valence-electron chi connectivity index (χ4n) is 2.32. The quantitative estimate of drug-likeness (QED) is 0.888. The second-order valence-corrected chi connectivity index (χ2v) is 4.63. The smallest absolute Gasteiger partial charge is 0.122 e. The molecule has 1 atom stereocenters. The van der Waals surface area contributed by atoms with Crippen molar-refractivity contribution in [3.63, 3.8) is 0 Å². The van der Waals surface area contributed by atoms with Crippen LogP contribution in [0.4, 0.5) is 0 Å². The maximum absolute atomic E-state index is 5.66. The third-order valence-electron chi connectivity index (χ3n) is 3.39. The van der Waals surface area contributed by atoms with Gasteiger partial charge in [0.05, 0.1) is 13.2 Å². The largest absolute Gasteiger partial charge is 0.493 e. The van der Waals surface area contributed by atoms with Crippen LogP contribution in [0.3, 0.4) is 0 Å². The maximum Gasteiger partial charge on any atom is 0.122 e. The minimum atomic E-state index is 0.446. The molecule has 1 N–H and O–H groups in total. The Morgan fingerprint density at radius 1 is 1.44 bits per heavy atom. The van der Waals surface area contributed by atoms with E-state index in [1.807, 2.05) is 36.1 Å². The van der Waals surface area contributed by atoms with E-state index in [4.69, 9.17) is 4.74 Å². The molecule has 0 amide bonds. The lowest BCUT2D eigenvalue weighted by Gasteiger charge is -2.10. The summed E-state index contributed by atoms with van der Waals surface area (Å²) in [4.78, 5) is 4.29. The van der Waals surface area contributed by atoms with Gasteiger partial charge in [0.1, 0.15) is 11.6 Å². The van der Waals surface area contributed by atoms with Gasteiger partial charge in [0.2, 0.25) is 0 Å². The topological polar surface area (TPSA) is 39.1 Å². The number of nitrogens with zero attached hydrogens (tertiary/aromatic N) is 2. The first-order chi connectivity index (χ1) is 8.84. The van der Waals surface area contributed by atoms with Gasteiger partial charge < -0.3 is 14.6 Å². The van der Waals surface area contributed by atoms with Gasteiger partial charge in [-0.2, -0.15) is 0 Å². The first-order valence-electron chi connectivity index (χ1n) is 6.23. The zero-order valence-corrected chi connectivity index (χ0v) is 10.5. The van der Waals surface area contributed by atoms with Crippen LogP contribution in [-0.4, -0.2) is 22.7 Å². The average molecular weight is 243 g/mol. The third-order valence-corrected chi connectivity index (χ3v) is 3.39. The summed E-state index contributed by atoms with van der Waals surface area (Å²) in [5.41, 5.74) is 1.31. The van der Waals surface area contributed by atoms with Crippen molar-refractivity contribution in [3.05, 3.63) is 48.0 Å². The van der Waals surface area contributed by atoms with Crippen LogP contribution in [0.25, 0.3) is 0 Å². The van der Waals surface area contributed by atoms with E-state index < -0.39 is 0 Å². The second-order valence-electron chi connectivity index (χ2n) is 4.63. The van der Waals surface area contributed by atoms with Gasteiger partial charge in [0.25, 0.3) is 0 Å². The van der Waals surface area contributed by atoms with Crippen LogP contribution in [0, 0.1) is 0 Å². The van der Waals surface area contributed by atoms with Gasteiger partial charge in [-0.15, -0.1) is 0 Å². The summed E-state index contributed by atoms with van der Waals surface area (Å²) in [6, 6.07) is 8.27. The molecule has 2 aromatic rings. The van der Waals surface area contributed by atoms with Crippen molar-refractivity contribution in [1.29, 1.82) is 0 Å². The Kier molecular flexibility index (Phi) is 3.02. The van der Waals surface area contributed by atoms with Gasteiger partial charge >= 0.3 is 0 Å². The lowest BCUT2D eigenvalue weighted by Crippen LogP contribution is -2.23. The van der Waals surface area contributed by atoms with Gasteiger partial charge in [0, 0.05) is 37.5 Å². The third kappa shape index (κ3) is 2.11. The van der Waals surface area contributed by atoms with Gasteiger partial charge in [0.15, 0.2) is 0 Å². The molecule has 0 spiro atoms. The van der Waals surface area contributed by atoms with Crippen molar-refractivity contribution in [3.8, 4) is 5.75 Å². The molecule has 0 fully saturated rings. The summed E-state index contributed by atoms with van der Waals surface area (Å²) in [5, 5.41) is 3.45. The van der Waals surface area contributed by atoms with E-state index in [0.717, 1.165) is 31.3 Å². The maximum atomic E-state index is 5.66. The Bertz CT molecular complexity index is 535. The van der Waals surface area contributed by atoms with Crippen molar-refractivity contribution in [1.82, 2.24) is 14.9 Å². The normalized spacial score (nSPS) is 17.5. The number of ether oxygens (including phenoxy) is 1. The van der Waals surface area contributed by atoms with E-state index in [2.05, 4.69) is 22.4 Å². The highest BCUT2D eigenvalue weighted by Crippen LogP contribution is 2.32. The summed E-state index contributed by atoms with van der Waals surface area (Å²) in [7, 11) is 2.01. The Morgan fingerprint density at radius 2 is 2.33 bits per heavy atom. The molecule has 0 aliphatic carbocycles. The fourth-order valence-corrected chi connectivity index (χ4v) is 2.32. The number of rotatable bonds is 4. The first-order valence-corrected chi connectivity index (χ1v) is 6.23. The number of hydrogen-bond acceptors (Lipinski definition) is 3. The van der Waals surface area contributed by atoms with Crippen molar-refractivity contribution in [2.24, 2.45) is 7.05 Å². The predicted molar refractivity (Wildman–Crippen MR) is 69.6 cm³/mol. The molecule has 0 bridgehead atoms. The Morgan fingerprint density at radius 3 is 3.17 bits per heavy atom. The molecule has 1 aromatic carbocycles. The fraction of sp³-hybridized carbons (Fsp3) is 0.357. The molecule has 18 heavy (non-hydrogen) atoms. The van der Waals surface area contributed by atoms with E-state index in [9.17, 15) is 0 Å². The number of aromatic nitrogens is 2. The molecular formula is C14H17N3O. The van der Waals surface area contributed by atoms with Crippen molar-refractivity contribution < 1.29 is 4.74 Å². The van der Waals surface area contributed by atoms with Crippen LogP contribution in [0.1, 0.15) is 17.3 Å². The Labute approximate surface area is 107 Å². The summed E-state index contributed by atoms with van der Waals surface area (Å²) in [6.45, 7) is 2.49. The van der Waals surface area contributed by atoms with Crippen LogP contribution in [-0.2, 0) is 13.6 Å². The standard InChI is InChI=1S/C14H17N3O/c1-17-7-6-16-14(17)9-15-8-11-10-18-13-5-3-2-4-12(11)13/h2-7,11,15H,8-10H2,1H3. The lowest BCUT2D eigenvalue weighted by atomic mass is 10.0. The van der Waals surface area contributed by atoms with Crippen LogP contribution in [0.2, 0.25) is 0 Å². The highest BCUT2D eigenvalue weighted by Gasteiger charge is 2.22. The molecule has 3 rings (SSSR count). The molecule has 4 heteroatoms. The number of imidazole rings is 1. The zero-order chi connectivity index (χ0) is 12.4. The Hall–Kier alpha value is -1.81. The number of hydrogen-bond donors (Lipinski definition) is 1. The number of nitrogens with one attached hydrogen (secondary N) is 1. The van der Waals surface area contributed by atoms with Crippen molar-refractivity contribution in [2.75, 3.05) is 13.2 Å². The van der Waals surface area contributed by atoms with Gasteiger partial charge in [-0.1, -0.05) is 18.2 Å². The number of aryl methyl sites for hydroxylation is 1. The first kappa shape index (κ1) is 11.3. The van der Waals surface area contributed by atoms with E-state index in [1.54, 1.807) is 0 Å². The number of benzene rings is 1. The molecule has 94 valence electrons. The van der Waals surface area contributed by atoms with E-state index >= 15 is 0 Å². The summed E-state index contributed by atoms with van der Waals surface area (Å²) >= 11 is 0. The van der Waals surface area contributed by atoms with Crippen LogP contribution in [0.5, 0.6) is 5.75 Å². The molecule has 2 heterocycles. The zero-order valence-electron chi connectivity index (χ0n) is 10.5. The number of para-hydroxylation sites is 1. The van der Waals surface area contributed by atoms with E-state index in [1.165, 1.54) is 5.56 Å². The number of fused-ring (bicyclic) bond motifs is 1. The molecular weight excluding hydrogens is 226 g/mol. The average Bonchev–Trinajstić information content (AvgIpc) is 2.97. The minimum Gasteiger partial charge on any atom is -0.493 e. The molecule has 4 nitrogen and oxygen atoms in total.